The maximum Gasteiger partial charge on any atom is 0.171 e. The maximum absolute atomic E-state index is 11.1. The minimum Gasteiger partial charge on any atom is -0.397 e. The summed E-state index contributed by atoms with van der Waals surface area (Å²) >= 11 is 1.42. The van der Waals surface area contributed by atoms with E-state index in [1.807, 2.05) is 6.07 Å². The SMILES string of the molecule is CC(=O)c1sc2ccncc2c1N. The minimum atomic E-state index is 0.0127. The number of rotatable bonds is 1. The molecule has 0 aliphatic rings. The molecular weight excluding hydrogens is 184 g/mol. The summed E-state index contributed by atoms with van der Waals surface area (Å²) < 4.78 is 1.01. The van der Waals surface area contributed by atoms with E-state index in [1.165, 1.54) is 18.3 Å². The summed E-state index contributed by atoms with van der Waals surface area (Å²) in [6, 6.07) is 1.86. The van der Waals surface area contributed by atoms with Crippen LogP contribution in [0, 0.1) is 0 Å². The smallest absolute Gasteiger partial charge is 0.171 e. The number of carbonyl (C=O) groups is 1. The fraction of sp³-hybridized carbons (Fsp3) is 0.111. The Morgan fingerprint density at radius 1 is 1.62 bits per heavy atom. The maximum atomic E-state index is 11.1. The van der Waals surface area contributed by atoms with Crippen molar-refractivity contribution in [1.82, 2.24) is 4.98 Å². The average Bonchev–Trinajstić information content (AvgIpc) is 2.45. The summed E-state index contributed by atoms with van der Waals surface area (Å²) in [4.78, 5) is 15.7. The second-order valence-corrected chi connectivity index (χ2v) is 3.83. The van der Waals surface area contributed by atoms with Gasteiger partial charge < -0.3 is 5.73 Å². The highest BCUT2D eigenvalue weighted by molar-refractivity contribution is 7.21. The van der Waals surface area contributed by atoms with Crippen LogP contribution in [0.5, 0.6) is 0 Å². The van der Waals surface area contributed by atoms with Crippen LogP contribution in [-0.4, -0.2) is 10.8 Å². The van der Waals surface area contributed by atoms with Gasteiger partial charge in [0, 0.05) is 29.4 Å². The zero-order chi connectivity index (χ0) is 9.42. The molecule has 0 aliphatic heterocycles. The molecule has 0 atom stereocenters. The number of hydrogen-bond donors (Lipinski definition) is 1. The Morgan fingerprint density at radius 2 is 2.38 bits per heavy atom. The van der Waals surface area contributed by atoms with Crippen LogP contribution in [0.2, 0.25) is 0 Å². The highest BCUT2D eigenvalue weighted by Gasteiger charge is 2.11. The molecule has 2 rings (SSSR count). The van der Waals surface area contributed by atoms with Gasteiger partial charge in [-0.3, -0.25) is 9.78 Å². The molecule has 66 valence electrons. The van der Waals surface area contributed by atoms with Crippen LogP contribution in [-0.2, 0) is 0 Å². The molecule has 0 saturated carbocycles. The van der Waals surface area contributed by atoms with E-state index in [9.17, 15) is 4.79 Å². The second-order valence-electron chi connectivity index (χ2n) is 2.77. The lowest BCUT2D eigenvalue weighted by molar-refractivity contribution is 0.102. The Kier molecular flexibility index (Phi) is 1.77. The second kappa shape index (κ2) is 2.81. The number of Topliss-reactive ketones (excluding diaryl/α,β-unsaturated/α-hetero) is 1. The molecule has 2 aromatic heterocycles. The number of hydrogen-bond acceptors (Lipinski definition) is 4. The fourth-order valence-corrected chi connectivity index (χ4v) is 2.21. The van der Waals surface area contributed by atoms with Gasteiger partial charge >= 0.3 is 0 Å². The number of ketones is 1. The van der Waals surface area contributed by atoms with Crippen LogP contribution in [0.3, 0.4) is 0 Å². The molecule has 0 radical (unpaired) electrons. The number of anilines is 1. The summed E-state index contributed by atoms with van der Waals surface area (Å²) in [5, 5.41) is 0.873. The largest absolute Gasteiger partial charge is 0.397 e. The third-order valence-corrected chi connectivity index (χ3v) is 3.14. The first-order chi connectivity index (χ1) is 6.20. The van der Waals surface area contributed by atoms with Crippen molar-refractivity contribution in [2.75, 3.05) is 5.73 Å². The molecule has 0 unspecified atom stereocenters. The van der Waals surface area contributed by atoms with Gasteiger partial charge in [0.05, 0.1) is 10.6 Å². The van der Waals surface area contributed by atoms with Gasteiger partial charge in [-0.15, -0.1) is 11.3 Å². The van der Waals surface area contributed by atoms with Crippen molar-refractivity contribution < 1.29 is 4.79 Å². The molecule has 0 spiro atoms. The predicted octanol–water partition coefficient (Wildman–Crippen LogP) is 2.08. The van der Waals surface area contributed by atoms with Crippen molar-refractivity contribution in [2.24, 2.45) is 0 Å². The molecule has 0 saturated heterocycles. The predicted molar refractivity (Wildman–Crippen MR) is 54.0 cm³/mol. The number of carbonyl (C=O) groups excluding carboxylic acids is 1. The number of aromatic nitrogens is 1. The van der Waals surface area contributed by atoms with Crippen molar-refractivity contribution >= 4 is 32.9 Å². The summed E-state index contributed by atoms with van der Waals surface area (Å²) in [6.45, 7) is 1.52. The number of thiophene rings is 1. The quantitative estimate of drug-likeness (QED) is 0.704. The molecule has 0 fully saturated rings. The van der Waals surface area contributed by atoms with Gasteiger partial charge in [0.25, 0.3) is 0 Å². The summed E-state index contributed by atoms with van der Waals surface area (Å²) in [5.41, 5.74) is 6.35. The molecule has 0 aliphatic carbocycles. The van der Waals surface area contributed by atoms with Gasteiger partial charge in [0.2, 0.25) is 0 Å². The van der Waals surface area contributed by atoms with Crippen molar-refractivity contribution in [3.63, 3.8) is 0 Å². The van der Waals surface area contributed by atoms with Crippen LogP contribution in [0.15, 0.2) is 18.5 Å². The van der Waals surface area contributed by atoms with Crippen LogP contribution in [0.25, 0.3) is 10.1 Å². The Balaban J connectivity index is 2.81. The highest BCUT2D eigenvalue weighted by Crippen LogP contribution is 2.32. The first-order valence-corrected chi connectivity index (χ1v) is 4.64. The van der Waals surface area contributed by atoms with Crippen LogP contribution in [0.1, 0.15) is 16.6 Å². The van der Waals surface area contributed by atoms with Gasteiger partial charge in [-0.1, -0.05) is 0 Å². The monoisotopic (exact) mass is 192 g/mol. The summed E-state index contributed by atoms with van der Waals surface area (Å²) in [5.74, 6) is 0.0127. The van der Waals surface area contributed by atoms with Gasteiger partial charge in [0.1, 0.15) is 0 Å². The van der Waals surface area contributed by atoms with Crippen molar-refractivity contribution in [3.8, 4) is 0 Å². The van der Waals surface area contributed by atoms with E-state index in [4.69, 9.17) is 5.73 Å². The Morgan fingerprint density at radius 3 is 3.00 bits per heavy atom. The zero-order valence-corrected chi connectivity index (χ0v) is 7.89. The molecule has 0 aromatic carbocycles. The standard InChI is InChI=1S/C9H8N2OS/c1-5(12)9-8(10)6-4-11-3-2-7(6)13-9/h2-4H,10H2,1H3. The molecule has 4 heteroatoms. The van der Waals surface area contributed by atoms with Crippen LogP contribution >= 0.6 is 11.3 Å². The lowest BCUT2D eigenvalue weighted by atomic mass is 10.2. The van der Waals surface area contributed by atoms with Crippen molar-refractivity contribution in [1.29, 1.82) is 0 Å². The van der Waals surface area contributed by atoms with E-state index in [-0.39, 0.29) is 5.78 Å². The normalized spacial score (nSPS) is 10.5. The van der Waals surface area contributed by atoms with Crippen LogP contribution in [0.4, 0.5) is 5.69 Å². The zero-order valence-electron chi connectivity index (χ0n) is 7.07. The van der Waals surface area contributed by atoms with E-state index in [0.29, 0.717) is 10.6 Å². The Labute approximate surface area is 79.2 Å². The third kappa shape index (κ3) is 1.19. The minimum absolute atomic E-state index is 0.0127. The molecule has 2 aromatic rings. The van der Waals surface area contributed by atoms with Crippen molar-refractivity contribution in [3.05, 3.63) is 23.3 Å². The Hall–Kier alpha value is -1.42. The van der Waals surface area contributed by atoms with Gasteiger partial charge in [-0.2, -0.15) is 0 Å². The summed E-state index contributed by atoms with van der Waals surface area (Å²) in [7, 11) is 0. The van der Waals surface area contributed by atoms with E-state index in [1.54, 1.807) is 12.4 Å². The molecule has 3 nitrogen and oxygen atoms in total. The fourth-order valence-electron chi connectivity index (χ4n) is 1.22. The van der Waals surface area contributed by atoms with E-state index in [2.05, 4.69) is 4.98 Å². The topological polar surface area (TPSA) is 56.0 Å². The molecule has 2 N–H and O–H groups in total. The van der Waals surface area contributed by atoms with Gasteiger partial charge in [-0.25, -0.2) is 0 Å². The molecule has 0 amide bonds. The number of fused-ring (bicyclic) bond motifs is 1. The summed E-state index contributed by atoms with van der Waals surface area (Å²) in [6.07, 6.45) is 3.38. The first-order valence-electron chi connectivity index (χ1n) is 3.83. The van der Waals surface area contributed by atoms with E-state index >= 15 is 0 Å². The lowest BCUT2D eigenvalue weighted by Gasteiger charge is -1.90. The number of nitrogens with zero attached hydrogens (tertiary/aromatic N) is 1. The number of pyridine rings is 1. The van der Waals surface area contributed by atoms with Crippen molar-refractivity contribution in [2.45, 2.75) is 6.92 Å². The van der Waals surface area contributed by atoms with Gasteiger partial charge in [-0.05, 0) is 6.07 Å². The molecule has 2 heterocycles. The highest BCUT2D eigenvalue weighted by atomic mass is 32.1. The Bertz CT molecular complexity index is 475. The molecular formula is C9H8N2OS. The average molecular weight is 192 g/mol. The lowest BCUT2D eigenvalue weighted by Crippen LogP contribution is -1.93. The first kappa shape index (κ1) is 8.19. The molecule has 0 bridgehead atoms. The van der Waals surface area contributed by atoms with E-state index in [0.717, 1.165) is 10.1 Å². The molecule has 13 heavy (non-hydrogen) atoms. The van der Waals surface area contributed by atoms with Gasteiger partial charge in [0.15, 0.2) is 5.78 Å². The van der Waals surface area contributed by atoms with E-state index < -0.39 is 0 Å². The number of nitrogen functional groups attached to an aromatic ring is 1. The number of nitrogens with two attached hydrogens (primary N) is 1. The van der Waals surface area contributed by atoms with Crippen LogP contribution < -0.4 is 5.73 Å². The third-order valence-electron chi connectivity index (χ3n) is 1.85.